The third-order valence-electron chi connectivity index (χ3n) is 6.90. The van der Waals surface area contributed by atoms with Gasteiger partial charge in [0.15, 0.2) is 0 Å². The smallest absolute Gasteiger partial charge is 0.244 e. The van der Waals surface area contributed by atoms with Crippen LogP contribution in [0.15, 0.2) is 48.5 Å². The lowest BCUT2D eigenvalue weighted by Gasteiger charge is -2.41. The summed E-state index contributed by atoms with van der Waals surface area (Å²) < 4.78 is 0. The molecule has 0 radical (unpaired) electrons. The van der Waals surface area contributed by atoms with Crippen LogP contribution in [0.25, 0.3) is 0 Å². The Bertz CT molecular complexity index is 928. The number of para-hydroxylation sites is 1. The van der Waals surface area contributed by atoms with Crippen LogP contribution in [0.2, 0.25) is 0 Å². The van der Waals surface area contributed by atoms with Crippen LogP contribution in [0.3, 0.4) is 0 Å². The fourth-order valence-electron chi connectivity index (χ4n) is 5.01. The summed E-state index contributed by atoms with van der Waals surface area (Å²) in [5.41, 5.74) is 4.14. The fraction of sp³-hybridized carbons (Fsp3) is 0.481. The molecule has 33 heavy (non-hydrogen) atoms. The second-order valence-electron chi connectivity index (χ2n) is 9.33. The van der Waals surface area contributed by atoms with Crippen molar-refractivity contribution in [1.82, 2.24) is 14.7 Å². The zero-order valence-electron chi connectivity index (χ0n) is 19.9. The highest BCUT2D eigenvalue weighted by Gasteiger charge is 2.34. The van der Waals surface area contributed by atoms with E-state index in [0.29, 0.717) is 6.54 Å². The molecule has 2 heterocycles. The third kappa shape index (κ3) is 5.81. The predicted molar refractivity (Wildman–Crippen MR) is 132 cm³/mol. The number of hydrogen-bond acceptors (Lipinski definition) is 4. The summed E-state index contributed by atoms with van der Waals surface area (Å²) in [6.45, 7) is 9.23. The molecule has 6 nitrogen and oxygen atoms in total. The van der Waals surface area contributed by atoms with Crippen LogP contribution in [0, 0.1) is 13.8 Å². The zero-order valence-corrected chi connectivity index (χ0v) is 19.9. The molecule has 1 unspecified atom stereocenters. The molecule has 6 heteroatoms. The number of carbonyl (C=O) groups is 2. The molecule has 4 rings (SSSR count). The molecule has 2 fully saturated rings. The van der Waals surface area contributed by atoms with Crippen molar-refractivity contribution in [2.75, 3.05) is 51.1 Å². The minimum absolute atomic E-state index is 0.0184. The Labute approximate surface area is 197 Å². The number of nitrogens with zero attached hydrogens (tertiary/aromatic N) is 3. The average Bonchev–Trinajstić information content (AvgIpc) is 2.84. The van der Waals surface area contributed by atoms with Gasteiger partial charge in [0.25, 0.3) is 0 Å². The summed E-state index contributed by atoms with van der Waals surface area (Å²) in [5, 5.41) is 3.09. The summed E-state index contributed by atoms with van der Waals surface area (Å²) in [6.07, 6.45) is 3.40. The number of aryl methyl sites for hydroxylation is 2. The van der Waals surface area contributed by atoms with Gasteiger partial charge >= 0.3 is 0 Å². The number of piperidine rings is 1. The van der Waals surface area contributed by atoms with Gasteiger partial charge in [0.1, 0.15) is 6.04 Å². The van der Waals surface area contributed by atoms with Gasteiger partial charge in [-0.1, -0.05) is 48.5 Å². The van der Waals surface area contributed by atoms with Crippen LogP contribution in [0.1, 0.15) is 42.0 Å². The molecule has 0 aliphatic carbocycles. The lowest BCUT2D eigenvalue weighted by Crippen LogP contribution is -2.53. The number of piperazine rings is 1. The van der Waals surface area contributed by atoms with Crippen molar-refractivity contribution >= 4 is 17.5 Å². The molecule has 1 atom stereocenters. The molecule has 0 spiro atoms. The lowest BCUT2D eigenvalue weighted by molar-refractivity contribution is -0.139. The maximum atomic E-state index is 13.5. The Morgan fingerprint density at radius 3 is 2.09 bits per heavy atom. The molecule has 2 saturated heterocycles. The number of nitrogens with one attached hydrogen (secondary N) is 1. The Morgan fingerprint density at radius 2 is 1.45 bits per heavy atom. The first kappa shape index (κ1) is 23.5. The van der Waals surface area contributed by atoms with Gasteiger partial charge < -0.3 is 10.2 Å². The van der Waals surface area contributed by atoms with E-state index in [2.05, 4.69) is 27.2 Å². The first-order valence-electron chi connectivity index (χ1n) is 12.2. The maximum absolute atomic E-state index is 13.5. The number of amides is 2. The molecule has 2 aliphatic rings. The van der Waals surface area contributed by atoms with Crippen LogP contribution in [-0.4, -0.2) is 72.3 Å². The highest BCUT2D eigenvalue weighted by molar-refractivity contribution is 5.93. The van der Waals surface area contributed by atoms with E-state index in [1.807, 2.05) is 55.1 Å². The molecule has 0 saturated carbocycles. The van der Waals surface area contributed by atoms with Gasteiger partial charge in [-0.25, -0.2) is 0 Å². The topological polar surface area (TPSA) is 55.9 Å². The van der Waals surface area contributed by atoms with Gasteiger partial charge in [0.05, 0.1) is 6.54 Å². The molecular formula is C27H36N4O2. The molecule has 2 amide bonds. The van der Waals surface area contributed by atoms with Crippen molar-refractivity contribution in [3.63, 3.8) is 0 Å². The van der Waals surface area contributed by atoms with E-state index in [9.17, 15) is 9.59 Å². The van der Waals surface area contributed by atoms with Crippen LogP contribution < -0.4 is 5.32 Å². The van der Waals surface area contributed by atoms with Gasteiger partial charge in [0.2, 0.25) is 11.8 Å². The van der Waals surface area contributed by atoms with Gasteiger partial charge in [-0.2, -0.15) is 0 Å². The van der Waals surface area contributed by atoms with Crippen LogP contribution in [0.5, 0.6) is 0 Å². The van der Waals surface area contributed by atoms with Crippen LogP contribution in [-0.2, 0) is 9.59 Å². The molecule has 0 bridgehead atoms. The van der Waals surface area contributed by atoms with Crippen LogP contribution >= 0.6 is 0 Å². The van der Waals surface area contributed by atoms with Crippen molar-refractivity contribution in [2.24, 2.45) is 0 Å². The summed E-state index contributed by atoms with van der Waals surface area (Å²) in [7, 11) is 0. The standard InChI is InChI=1S/C27H36N4O2/c1-21-10-9-11-22(2)25(21)28-24(32)20-29-16-18-30(19-17-29)26(23-12-5-3-6-13-23)27(33)31-14-7-4-8-15-31/h3,5-6,9-13,26H,4,7-8,14-20H2,1-2H3,(H,28,32). The Kier molecular flexibility index (Phi) is 7.78. The number of anilines is 1. The quantitative estimate of drug-likeness (QED) is 0.734. The normalized spacial score (nSPS) is 18.7. The largest absolute Gasteiger partial charge is 0.341 e. The minimum Gasteiger partial charge on any atom is -0.341 e. The zero-order chi connectivity index (χ0) is 23.2. The number of hydrogen-bond donors (Lipinski definition) is 1. The number of rotatable bonds is 6. The highest BCUT2D eigenvalue weighted by atomic mass is 16.2. The van der Waals surface area contributed by atoms with E-state index in [1.54, 1.807) is 0 Å². The minimum atomic E-state index is -0.241. The summed E-state index contributed by atoms with van der Waals surface area (Å²) in [4.78, 5) is 32.8. The van der Waals surface area contributed by atoms with E-state index < -0.39 is 0 Å². The Morgan fingerprint density at radius 1 is 0.818 bits per heavy atom. The second-order valence-corrected chi connectivity index (χ2v) is 9.33. The van der Waals surface area contributed by atoms with Gasteiger partial charge in [0, 0.05) is 45.0 Å². The highest BCUT2D eigenvalue weighted by Crippen LogP contribution is 2.26. The van der Waals surface area contributed by atoms with Crippen LogP contribution in [0.4, 0.5) is 5.69 Å². The summed E-state index contributed by atoms with van der Waals surface area (Å²) >= 11 is 0. The number of likely N-dealkylation sites (tertiary alicyclic amines) is 1. The van der Waals surface area contributed by atoms with E-state index >= 15 is 0 Å². The molecule has 2 aromatic rings. The van der Waals surface area contributed by atoms with E-state index in [-0.39, 0.29) is 17.9 Å². The number of benzene rings is 2. The monoisotopic (exact) mass is 448 g/mol. The molecule has 2 aromatic carbocycles. The van der Waals surface area contributed by atoms with Gasteiger partial charge in [-0.05, 0) is 49.8 Å². The average molecular weight is 449 g/mol. The predicted octanol–water partition coefficient (Wildman–Crippen LogP) is 3.61. The first-order chi connectivity index (χ1) is 16.0. The first-order valence-corrected chi connectivity index (χ1v) is 12.2. The van der Waals surface area contributed by atoms with E-state index in [4.69, 9.17) is 0 Å². The Balaban J connectivity index is 1.38. The second kappa shape index (κ2) is 10.9. The molecule has 2 aliphatic heterocycles. The van der Waals surface area contributed by atoms with Crippen molar-refractivity contribution in [3.05, 3.63) is 65.2 Å². The molecule has 1 N–H and O–H groups in total. The maximum Gasteiger partial charge on any atom is 0.244 e. The van der Waals surface area contributed by atoms with E-state index in [1.165, 1.54) is 6.42 Å². The Hall–Kier alpha value is -2.70. The summed E-state index contributed by atoms with van der Waals surface area (Å²) in [6, 6.07) is 16.0. The SMILES string of the molecule is Cc1cccc(C)c1NC(=O)CN1CCN(C(C(=O)N2CCCCC2)c2ccccc2)CC1. The van der Waals surface area contributed by atoms with Crippen molar-refractivity contribution < 1.29 is 9.59 Å². The van der Waals surface area contributed by atoms with Crippen molar-refractivity contribution in [1.29, 1.82) is 0 Å². The fourth-order valence-corrected chi connectivity index (χ4v) is 5.01. The third-order valence-corrected chi connectivity index (χ3v) is 6.90. The number of carbonyl (C=O) groups excluding carboxylic acids is 2. The van der Waals surface area contributed by atoms with E-state index in [0.717, 1.165) is 74.5 Å². The molecule has 0 aromatic heterocycles. The van der Waals surface area contributed by atoms with Gasteiger partial charge in [-0.3, -0.25) is 19.4 Å². The van der Waals surface area contributed by atoms with Crippen molar-refractivity contribution in [2.45, 2.75) is 39.2 Å². The molecular weight excluding hydrogens is 412 g/mol. The summed E-state index contributed by atoms with van der Waals surface area (Å²) in [5.74, 6) is 0.243. The van der Waals surface area contributed by atoms with Crippen molar-refractivity contribution in [3.8, 4) is 0 Å². The lowest BCUT2D eigenvalue weighted by atomic mass is 10.0. The van der Waals surface area contributed by atoms with Gasteiger partial charge in [-0.15, -0.1) is 0 Å². The molecule has 176 valence electrons.